The van der Waals surface area contributed by atoms with Gasteiger partial charge in [-0.05, 0) is 20.8 Å². The van der Waals surface area contributed by atoms with Crippen LogP contribution < -0.4 is 10.1 Å². The second-order valence-electron chi connectivity index (χ2n) is 4.77. The van der Waals surface area contributed by atoms with E-state index in [1.54, 1.807) is 20.8 Å². The Morgan fingerprint density at radius 2 is 1.80 bits per heavy atom. The van der Waals surface area contributed by atoms with Crippen molar-refractivity contribution in [3.63, 3.8) is 0 Å². The van der Waals surface area contributed by atoms with Crippen LogP contribution in [0.5, 0.6) is 5.75 Å². The van der Waals surface area contributed by atoms with Crippen molar-refractivity contribution in [1.82, 2.24) is 0 Å². The average Bonchev–Trinajstić information content (AvgIpc) is 2.21. The Morgan fingerprint density at radius 3 is 2.30 bits per heavy atom. The minimum absolute atomic E-state index is 0.411. The van der Waals surface area contributed by atoms with Gasteiger partial charge in [0.05, 0.1) is 5.69 Å². The molecule has 0 heterocycles. The number of ether oxygens (including phenoxy) is 2. The van der Waals surface area contributed by atoms with Crippen molar-refractivity contribution < 1.29 is 31.8 Å². The molecular formula is C12H13F4NO3. The summed E-state index contributed by atoms with van der Waals surface area (Å²) in [4.78, 5) is 11.4. The Balaban J connectivity index is 2.87. The topological polar surface area (TPSA) is 47.6 Å². The van der Waals surface area contributed by atoms with Crippen LogP contribution in [0, 0.1) is 11.6 Å². The van der Waals surface area contributed by atoms with E-state index in [4.69, 9.17) is 4.74 Å². The number of rotatable bonds is 3. The number of nitrogens with one attached hydrogen (secondary N) is 1. The molecule has 0 aliphatic heterocycles. The second-order valence-corrected chi connectivity index (χ2v) is 4.77. The lowest BCUT2D eigenvalue weighted by atomic mass is 10.2. The molecule has 0 spiro atoms. The lowest BCUT2D eigenvalue weighted by molar-refractivity contribution is -0.0523. The maximum Gasteiger partial charge on any atom is 0.412 e. The number of amides is 1. The molecule has 0 saturated carbocycles. The molecule has 20 heavy (non-hydrogen) atoms. The summed E-state index contributed by atoms with van der Waals surface area (Å²) in [7, 11) is 0. The summed E-state index contributed by atoms with van der Waals surface area (Å²) < 4.78 is 59.3. The third-order valence-corrected chi connectivity index (χ3v) is 1.87. The lowest BCUT2D eigenvalue weighted by Crippen LogP contribution is -2.27. The van der Waals surface area contributed by atoms with Crippen molar-refractivity contribution >= 4 is 11.8 Å². The normalized spacial score (nSPS) is 11.4. The predicted molar refractivity (Wildman–Crippen MR) is 62.8 cm³/mol. The van der Waals surface area contributed by atoms with E-state index in [0.29, 0.717) is 12.1 Å². The van der Waals surface area contributed by atoms with Crippen LogP contribution in [0.2, 0.25) is 0 Å². The average molecular weight is 295 g/mol. The van der Waals surface area contributed by atoms with Crippen molar-refractivity contribution in [1.29, 1.82) is 0 Å². The molecule has 1 rings (SSSR count). The van der Waals surface area contributed by atoms with Crippen molar-refractivity contribution in [3.8, 4) is 5.75 Å². The molecule has 0 aliphatic carbocycles. The molecule has 0 radical (unpaired) electrons. The van der Waals surface area contributed by atoms with E-state index in [-0.39, 0.29) is 0 Å². The molecule has 0 aliphatic rings. The number of alkyl halides is 2. The monoisotopic (exact) mass is 295 g/mol. The number of halogens is 4. The first kappa shape index (κ1) is 16.1. The van der Waals surface area contributed by atoms with Crippen LogP contribution in [0.4, 0.5) is 28.0 Å². The molecule has 0 aromatic heterocycles. The third kappa shape index (κ3) is 4.94. The van der Waals surface area contributed by atoms with Gasteiger partial charge in [0.1, 0.15) is 5.60 Å². The number of benzene rings is 1. The van der Waals surface area contributed by atoms with Crippen LogP contribution in [0.3, 0.4) is 0 Å². The van der Waals surface area contributed by atoms with Gasteiger partial charge in [-0.2, -0.15) is 8.78 Å². The molecule has 1 amide bonds. The Hall–Kier alpha value is -1.99. The number of hydrogen-bond acceptors (Lipinski definition) is 3. The van der Waals surface area contributed by atoms with E-state index in [9.17, 15) is 22.4 Å². The van der Waals surface area contributed by atoms with Gasteiger partial charge >= 0.3 is 12.7 Å². The quantitative estimate of drug-likeness (QED) is 0.860. The summed E-state index contributed by atoms with van der Waals surface area (Å²) in [5.74, 6) is -3.32. The Bertz CT molecular complexity index is 500. The molecule has 0 atom stereocenters. The van der Waals surface area contributed by atoms with Gasteiger partial charge in [-0.1, -0.05) is 0 Å². The third-order valence-electron chi connectivity index (χ3n) is 1.87. The number of hydrogen-bond donors (Lipinski definition) is 1. The van der Waals surface area contributed by atoms with Gasteiger partial charge in [0.2, 0.25) is 0 Å². The Labute approximate surface area is 112 Å². The highest BCUT2D eigenvalue weighted by Gasteiger charge is 2.19. The number of carbonyl (C=O) groups excluding carboxylic acids is 1. The fraction of sp³-hybridized carbons (Fsp3) is 0.417. The van der Waals surface area contributed by atoms with E-state index < -0.39 is 41.4 Å². The van der Waals surface area contributed by atoms with Gasteiger partial charge in [0.25, 0.3) is 0 Å². The minimum atomic E-state index is -3.28. The molecule has 1 aromatic rings. The van der Waals surface area contributed by atoms with Crippen LogP contribution in [0.25, 0.3) is 0 Å². The Morgan fingerprint density at radius 1 is 1.20 bits per heavy atom. The van der Waals surface area contributed by atoms with Crippen LogP contribution in [-0.2, 0) is 4.74 Å². The highest BCUT2D eigenvalue weighted by Crippen LogP contribution is 2.26. The molecular weight excluding hydrogens is 282 g/mol. The van der Waals surface area contributed by atoms with E-state index in [1.165, 1.54) is 0 Å². The smallest absolute Gasteiger partial charge is 0.412 e. The van der Waals surface area contributed by atoms with Gasteiger partial charge in [0, 0.05) is 12.1 Å². The molecule has 112 valence electrons. The van der Waals surface area contributed by atoms with Gasteiger partial charge in [-0.25, -0.2) is 13.6 Å². The Kier molecular flexibility index (Phi) is 4.80. The van der Waals surface area contributed by atoms with Crippen molar-refractivity contribution in [2.45, 2.75) is 33.0 Å². The van der Waals surface area contributed by atoms with Crippen molar-refractivity contribution in [3.05, 3.63) is 23.8 Å². The van der Waals surface area contributed by atoms with Gasteiger partial charge in [0.15, 0.2) is 17.4 Å². The SMILES string of the molecule is CC(C)(C)OC(=O)Nc1cc(F)c(OC(F)F)cc1F. The van der Waals surface area contributed by atoms with Gasteiger partial charge in [-0.3, -0.25) is 5.32 Å². The largest absolute Gasteiger partial charge is 0.444 e. The van der Waals surface area contributed by atoms with E-state index in [1.807, 2.05) is 5.32 Å². The minimum Gasteiger partial charge on any atom is -0.444 e. The summed E-state index contributed by atoms with van der Waals surface area (Å²) >= 11 is 0. The molecule has 0 saturated heterocycles. The fourth-order valence-electron chi connectivity index (χ4n) is 1.22. The maximum absolute atomic E-state index is 13.5. The molecule has 0 bridgehead atoms. The second kappa shape index (κ2) is 5.98. The molecule has 4 nitrogen and oxygen atoms in total. The summed E-state index contributed by atoms with van der Waals surface area (Å²) in [5.41, 5.74) is -1.36. The molecule has 0 unspecified atom stereocenters. The first-order valence-corrected chi connectivity index (χ1v) is 5.52. The summed E-state index contributed by atoms with van der Waals surface area (Å²) in [6.07, 6.45) is -1.00. The zero-order valence-electron chi connectivity index (χ0n) is 11.0. The molecule has 8 heteroatoms. The fourth-order valence-corrected chi connectivity index (χ4v) is 1.22. The lowest BCUT2D eigenvalue weighted by Gasteiger charge is -2.20. The van der Waals surface area contributed by atoms with E-state index >= 15 is 0 Å². The first-order valence-electron chi connectivity index (χ1n) is 5.52. The predicted octanol–water partition coefficient (Wildman–Crippen LogP) is 3.91. The van der Waals surface area contributed by atoms with Crippen LogP contribution in [-0.4, -0.2) is 18.3 Å². The van der Waals surface area contributed by atoms with E-state index in [0.717, 1.165) is 0 Å². The summed E-state index contributed by atoms with van der Waals surface area (Å²) in [6.45, 7) is 1.48. The van der Waals surface area contributed by atoms with E-state index in [2.05, 4.69) is 4.74 Å². The molecule has 0 fully saturated rings. The highest BCUT2D eigenvalue weighted by molar-refractivity contribution is 5.85. The van der Waals surface area contributed by atoms with Gasteiger partial charge in [-0.15, -0.1) is 0 Å². The number of anilines is 1. The first-order chi connectivity index (χ1) is 9.08. The molecule has 1 aromatic carbocycles. The van der Waals surface area contributed by atoms with Crippen LogP contribution in [0.1, 0.15) is 20.8 Å². The zero-order chi connectivity index (χ0) is 15.5. The zero-order valence-corrected chi connectivity index (χ0v) is 11.0. The highest BCUT2D eigenvalue weighted by atomic mass is 19.3. The van der Waals surface area contributed by atoms with Crippen LogP contribution in [0.15, 0.2) is 12.1 Å². The number of carbonyl (C=O) groups is 1. The van der Waals surface area contributed by atoms with Crippen LogP contribution >= 0.6 is 0 Å². The van der Waals surface area contributed by atoms with Crippen molar-refractivity contribution in [2.75, 3.05) is 5.32 Å². The van der Waals surface area contributed by atoms with Gasteiger partial charge < -0.3 is 9.47 Å². The standard InChI is InChI=1S/C12H13F4NO3/c1-12(2,3)20-11(18)17-8-4-7(14)9(5-6(8)13)19-10(15)16/h4-5,10H,1-3H3,(H,17,18). The van der Waals surface area contributed by atoms with Crippen molar-refractivity contribution in [2.24, 2.45) is 0 Å². The summed E-state index contributed by atoms with van der Waals surface area (Å²) in [6, 6.07) is 0.936. The molecule has 1 N–H and O–H groups in total. The summed E-state index contributed by atoms with van der Waals surface area (Å²) in [5, 5.41) is 1.97. The maximum atomic E-state index is 13.5.